The molecule has 0 amide bonds. The molecule has 0 fully saturated rings. The van der Waals surface area contributed by atoms with Gasteiger partial charge in [0.25, 0.3) is 0 Å². The van der Waals surface area contributed by atoms with E-state index in [1.807, 2.05) is 55.9 Å². The zero-order valence-electron chi connectivity index (χ0n) is 54.9. The number of nitrogens with one attached hydrogen (secondary N) is 1. The number of carbonyl (C=O) groups excluding carboxylic acids is 1. The molecule has 93 heavy (non-hydrogen) atoms. The summed E-state index contributed by atoms with van der Waals surface area (Å²) < 4.78 is 36.0. The number of benzene rings is 5. The highest BCUT2D eigenvalue weighted by molar-refractivity contribution is 5.96. The molecule has 7 N–H and O–H groups in total. The summed E-state index contributed by atoms with van der Waals surface area (Å²) >= 11 is 0. The first kappa shape index (κ1) is 71.5. The minimum atomic E-state index is -0.836. The predicted molar refractivity (Wildman–Crippen MR) is 360 cm³/mol. The minimum Gasteiger partial charge on any atom is -0.507 e. The fraction of sp³-hybridized carbons (Fsp3) is 0.431. The molecule has 21 nitrogen and oxygen atoms in total. The van der Waals surface area contributed by atoms with Crippen molar-refractivity contribution in [2.45, 2.75) is 131 Å². The van der Waals surface area contributed by atoms with E-state index in [1.165, 1.54) is 37.8 Å². The molecule has 0 aliphatic carbocycles. The van der Waals surface area contributed by atoms with Gasteiger partial charge in [0.1, 0.15) is 71.4 Å². The first-order chi connectivity index (χ1) is 45.1. The van der Waals surface area contributed by atoms with E-state index in [0.717, 1.165) is 44.2 Å². The van der Waals surface area contributed by atoms with E-state index in [0.29, 0.717) is 108 Å². The Morgan fingerprint density at radius 1 is 0.473 bits per heavy atom. The van der Waals surface area contributed by atoms with Gasteiger partial charge in [-0.1, -0.05) is 87.0 Å². The Morgan fingerprint density at radius 2 is 0.860 bits per heavy atom. The van der Waals surface area contributed by atoms with Crippen LogP contribution in [0.25, 0.3) is 57.1 Å². The van der Waals surface area contributed by atoms with Gasteiger partial charge in [0.05, 0.1) is 54.4 Å². The molecule has 0 aliphatic heterocycles. The number of aryl methyl sites for hydroxylation is 1. The number of ketones is 1. The van der Waals surface area contributed by atoms with E-state index in [4.69, 9.17) is 43.4 Å². The third kappa shape index (κ3) is 21.6. The van der Waals surface area contributed by atoms with Gasteiger partial charge in [-0.3, -0.25) is 4.79 Å². The number of anilines is 2. The lowest BCUT2D eigenvalue weighted by Crippen LogP contribution is -2.23. The number of carbonyl (C=O) groups is 1. The average Bonchev–Trinajstić information content (AvgIpc) is 1.58. The highest BCUT2D eigenvalue weighted by Gasteiger charge is 2.22. The normalized spacial score (nSPS) is 12.5. The van der Waals surface area contributed by atoms with Gasteiger partial charge in [-0.15, -0.1) is 0 Å². The van der Waals surface area contributed by atoms with E-state index in [1.54, 1.807) is 79.7 Å². The molecule has 0 saturated heterocycles. The number of rotatable bonds is 37. The number of phenols is 4. The zero-order chi connectivity index (χ0) is 66.7. The molecule has 4 atom stereocenters. The average molecular weight is 1280 g/mol. The van der Waals surface area contributed by atoms with E-state index < -0.39 is 12.2 Å². The summed E-state index contributed by atoms with van der Waals surface area (Å²) in [4.78, 5) is 39.9. The Bertz CT molecular complexity index is 3430. The van der Waals surface area contributed by atoms with E-state index in [-0.39, 0.29) is 83.9 Å². The van der Waals surface area contributed by atoms with Gasteiger partial charge in [-0.25, -0.2) is 19.9 Å². The van der Waals surface area contributed by atoms with Gasteiger partial charge >= 0.3 is 0 Å². The highest BCUT2D eigenvalue weighted by atomic mass is 16.5. The molecule has 21 heteroatoms. The SMILES string of the molecule is CCCCC(CC)COc1ccc(-c2nc(-c3ccc(OCC(CC)CCCC)cc3O)nc(-c3cccn3C)n2)c(O)c1.CCCOCC(O)COc1ccc(-c2nc(Nc3ccc(C(=O)CC)cc3)nc(-c3ccc(OCC(O)COCCC)cc3O)n2)c(O)c1. The molecular weight excluding hydrogens is 1180 g/mol. The van der Waals surface area contributed by atoms with Crippen LogP contribution >= 0.6 is 0 Å². The number of nitrogens with zero attached hydrogens (tertiary/aromatic N) is 7. The molecule has 0 bridgehead atoms. The number of aliphatic hydroxyl groups excluding tert-OH is 2. The molecule has 0 saturated carbocycles. The summed E-state index contributed by atoms with van der Waals surface area (Å²) in [6.45, 7) is 17.0. The fourth-order valence-electron chi connectivity index (χ4n) is 9.76. The second-order valence-corrected chi connectivity index (χ2v) is 22.8. The van der Waals surface area contributed by atoms with Crippen molar-refractivity contribution in [3.63, 3.8) is 0 Å². The van der Waals surface area contributed by atoms with Crippen LogP contribution in [0.15, 0.2) is 115 Å². The highest BCUT2D eigenvalue weighted by Crippen LogP contribution is 2.38. The fourth-order valence-corrected chi connectivity index (χ4v) is 9.76. The number of aliphatic hydroxyl groups is 2. The smallest absolute Gasteiger partial charge is 0.231 e. The number of phenolic OH excluding ortho intramolecular Hbond substituents is 4. The summed E-state index contributed by atoms with van der Waals surface area (Å²) in [6.07, 6.45) is 11.4. The molecule has 8 aromatic rings. The molecule has 5 aromatic carbocycles. The van der Waals surface area contributed by atoms with Crippen molar-refractivity contribution < 1.29 is 63.9 Å². The second kappa shape index (κ2) is 37.0. The Labute approximate surface area is 545 Å². The van der Waals surface area contributed by atoms with Gasteiger partial charge < -0.3 is 68.9 Å². The maximum absolute atomic E-state index is 12.1. The molecule has 4 unspecified atom stereocenters. The molecular formula is C72H92N8O13. The Hall–Kier alpha value is -8.89. The van der Waals surface area contributed by atoms with Crippen LogP contribution in [0.4, 0.5) is 11.6 Å². The number of aromatic hydroxyl groups is 4. The maximum Gasteiger partial charge on any atom is 0.231 e. The molecule has 498 valence electrons. The lowest BCUT2D eigenvalue weighted by molar-refractivity contribution is 0.0123. The number of hydrogen-bond acceptors (Lipinski definition) is 20. The minimum absolute atomic E-state index is 0.0145. The lowest BCUT2D eigenvalue weighted by atomic mass is 10.0. The predicted octanol–water partition coefficient (Wildman–Crippen LogP) is 14.1. The summed E-state index contributed by atoms with van der Waals surface area (Å²) in [5, 5.41) is 67.4. The first-order valence-electron chi connectivity index (χ1n) is 32.5. The van der Waals surface area contributed by atoms with Crippen LogP contribution in [-0.4, -0.2) is 136 Å². The molecule has 0 spiro atoms. The van der Waals surface area contributed by atoms with Gasteiger partial charge in [0.15, 0.2) is 34.9 Å². The van der Waals surface area contributed by atoms with Crippen LogP contribution in [0, 0.1) is 11.8 Å². The molecule has 3 heterocycles. The number of ether oxygens (including phenoxy) is 6. The van der Waals surface area contributed by atoms with Crippen LogP contribution in [0.2, 0.25) is 0 Å². The van der Waals surface area contributed by atoms with Crippen molar-refractivity contribution in [2.24, 2.45) is 18.9 Å². The van der Waals surface area contributed by atoms with Crippen molar-refractivity contribution in [1.29, 1.82) is 0 Å². The third-order valence-electron chi connectivity index (χ3n) is 15.3. The largest absolute Gasteiger partial charge is 0.507 e. The standard InChI is InChI=1S/C36H44N4O9.C36H48N4O4/c1-4-15-46-19-25(41)21-48-27-11-13-29(32(44)17-27)34-38-35(40-36(39-34)37-24-9-7-23(8-10-24)31(43)6-3)30-14-12-28(18-33(30)45)49-22-26(42)20-47-16-5-2;1-6-10-13-25(8-3)23-43-27-16-18-29(32(41)21-27)34-37-35(39-36(38-34)31-15-12-20-40(31)5)30-19-17-28(22-33(30)42)44-24-26(9-4)14-11-7-2/h7-14,17-18,25-26,41-42,44-45H,4-6,15-16,19-22H2,1-3H3,(H,37,38,39,40);12,15-22,25-26,41-42H,6-11,13-14,23-24H2,1-5H3. The van der Waals surface area contributed by atoms with Crippen LogP contribution < -0.4 is 24.3 Å². The maximum atomic E-state index is 12.1. The van der Waals surface area contributed by atoms with Crippen molar-refractivity contribution >= 4 is 17.4 Å². The monoisotopic (exact) mass is 1280 g/mol. The summed E-state index contributed by atoms with van der Waals surface area (Å²) in [7, 11) is 1.92. The van der Waals surface area contributed by atoms with E-state index >= 15 is 0 Å². The third-order valence-corrected chi connectivity index (χ3v) is 15.3. The van der Waals surface area contributed by atoms with Gasteiger partial charge in [0, 0.05) is 68.4 Å². The van der Waals surface area contributed by atoms with Gasteiger partial charge in [-0.05, 0) is 122 Å². The van der Waals surface area contributed by atoms with E-state index in [9.17, 15) is 35.4 Å². The van der Waals surface area contributed by atoms with Gasteiger partial charge in [-0.2, -0.15) is 9.97 Å². The van der Waals surface area contributed by atoms with Crippen molar-refractivity contribution in [3.05, 3.63) is 121 Å². The van der Waals surface area contributed by atoms with Crippen LogP contribution in [0.5, 0.6) is 46.0 Å². The van der Waals surface area contributed by atoms with Crippen LogP contribution in [0.3, 0.4) is 0 Å². The summed E-state index contributed by atoms with van der Waals surface area (Å²) in [5.41, 5.74) is 3.37. The van der Waals surface area contributed by atoms with Crippen LogP contribution in [0.1, 0.15) is 129 Å². The first-order valence-corrected chi connectivity index (χ1v) is 32.5. The van der Waals surface area contributed by atoms with Crippen molar-refractivity contribution in [2.75, 3.05) is 58.2 Å². The molecule has 0 radical (unpaired) electrons. The van der Waals surface area contributed by atoms with Crippen LogP contribution in [-0.2, 0) is 16.5 Å². The van der Waals surface area contributed by atoms with Crippen molar-refractivity contribution in [3.8, 4) is 103 Å². The Balaban J connectivity index is 0.000000265. The Morgan fingerprint density at radius 3 is 1.20 bits per heavy atom. The summed E-state index contributed by atoms with van der Waals surface area (Å²) in [5.74, 6) is 3.80. The van der Waals surface area contributed by atoms with Crippen molar-refractivity contribution in [1.82, 2.24) is 34.5 Å². The summed E-state index contributed by atoms with van der Waals surface area (Å²) in [6, 6.07) is 30.3. The van der Waals surface area contributed by atoms with E-state index in [2.05, 4.69) is 48.0 Å². The quantitative estimate of drug-likeness (QED) is 0.0141. The molecule has 3 aromatic heterocycles. The number of Topliss-reactive ketones (excluding diaryl/α,β-unsaturated/α-hetero) is 1. The number of hydrogen-bond donors (Lipinski definition) is 7. The molecule has 8 rings (SSSR count). The second-order valence-electron chi connectivity index (χ2n) is 22.8. The van der Waals surface area contributed by atoms with Gasteiger partial charge in [0.2, 0.25) is 5.95 Å². The topological polar surface area (TPSA) is 288 Å². The Kier molecular flexibility index (Phi) is 28.4. The lowest BCUT2D eigenvalue weighted by Gasteiger charge is -2.16. The number of aromatic nitrogens is 7. The zero-order valence-corrected chi connectivity index (χ0v) is 54.9. The number of unbranched alkanes of at least 4 members (excludes halogenated alkanes) is 2. The molecule has 0 aliphatic rings.